The van der Waals surface area contributed by atoms with E-state index in [1.807, 2.05) is 0 Å². The largest absolute Gasteiger partial charge is 0.411 e. The monoisotopic (exact) mass is 221 g/mol. The fraction of sp³-hybridized carbons (Fsp3) is 0.200. The van der Waals surface area contributed by atoms with Crippen LogP contribution in [0.1, 0.15) is 13.8 Å². The summed E-state index contributed by atoms with van der Waals surface area (Å²) in [6, 6.07) is 5.94. The molecule has 1 aromatic carbocycles. The van der Waals surface area contributed by atoms with Crippen LogP contribution in [0, 0.1) is 10.1 Å². The molecule has 0 saturated heterocycles. The second kappa shape index (κ2) is 5.01. The average molecular weight is 221 g/mol. The van der Waals surface area contributed by atoms with Gasteiger partial charge in [-0.25, -0.2) is 0 Å². The highest BCUT2D eigenvalue weighted by molar-refractivity contribution is 6.40. The zero-order chi connectivity index (χ0) is 12.1. The summed E-state index contributed by atoms with van der Waals surface area (Å²) in [5.41, 5.74) is 1.30. The SMILES string of the molecule is CC(=Nc1cccc([N+](=O)[O-])c1)/C(C)=N\O. The molecule has 0 heterocycles. The minimum atomic E-state index is -0.485. The number of non-ortho nitro benzene ring substituents is 1. The highest BCUT2D eigenvalue weighted by Crippen LogP contribution is 2.19. The normalized spacial score (nSPS) is 12.6. The van der Waals surface area contributed by atoms with Crippen LogP contribution < -0.4 is 0 Å². The lowest BCUT2D eigenvalue weighted by Crippen LogP contribution is -2.04. The number of rotatable bonds is 3. The number of nitro groups is 1. The van der Waals surface area contributed by atoms with Crippen molar-refractivity contribution in [1.82, 2.24) is 0 Å². The Morgan fingerprint density at radius 3 is 2.62 bits per heavy atom. The molecule has 0 radical (unpaired) electrons. The average Bonchev–Trinajstić information content (AvgIpc) is 2.28. The van der Waals surface area contributed by atoms with Crippen LogP contribution in [-0.4, -0.2) is 21.6 Å². The zero-order valence-electron chi connectivity index (χ0n) is 8.91. The van der Waals surface area contributed by atoms with Crippen molar-refractivity contribution in [1.29, 1.82) is 0 Å². The molecular formula is C10H11N3O3. The smallest absolute Gasteiger partial charge is 0.271 e. The van der Waals surface area contributed by atoms with Crippen LogP contribution >= 0.6 is 0 Å². The first-order valence-electron chi connectivity index (χ1n) is 4.53. The zero-order valence-corrected chi connectivity index (χ0v) is 8.91. The number of hydrogen-bond acceptors (Lipinski definition) is 5. The van der Waals surface area contributed by atoms with Gasteiger partial charge in [0.05, 0.1) is 22.0 Å². The maximum absolute atomic E-state index is 10.5. The number of oxime groups is 1. The number of aliphatic imine (C=N–C) groups is 1. The lowest BCUT2D eigenvalue weighted by Gasteiger charge is -1.98. The first kappa shape index (κ1) is 11.8. The summed E-state index contributed by atoms with van der Waals surface area (Å²) in [6.45, 7) is 3.25. The summed E-state index contributed by atoms with van der Waals surface area (Å²) in [5.74, 6) is 0. The Labute approximate surface area is 92.1 Å². The minimum Gasteiger partial charge on any atom is -0.411 e. The van der Waals surface area contributed by atoms with Crippen molar-refractivity contribution < 1.29 is 10.1 Å². The van der Waals surface area contributed by atoms with Crippen LogP contribution in [0.5, 0.6) is 0 Å². The molecule has 0 saturated carbocycles. The van der Waals surface area contributed by atoms with Crippen molar-refractivity contribution in [2.75, 3.05) is 0 Å². The van der Waals surface area contributed by atoms with Gasteiger partial charge in [0.15, 0.2) is 0 Å². The third-order valence-electron chi connectivity index (χ3n) is 2.01. The fourth-order valence-corrected chi connectivity index (χ4v) is 1.02. The lowest BCUT2D eigenvalue weighted by molar-refractivity contribution is -0.384. The van der Waals surface area contributed by atoms with Gasteiger partial charge < -0.3 is 5.21 Å². The van der Waals surface area contributed by atoms with Crippen molar-refractivity contribution in [3.05, 3.63) is 34.4 Å². The molecule has 6 nitrogen and oxygen atoms in total. The summed E-state index contributed by atoms with van der Waals surface area (Å²) in [7, 11) is 0. The van der Waals surface area contributed by atoms with Gasteiger partial charge in [-0.3, -0.25) is 15.1 Å². The van der Waals surface area contributed by atoms with Gasteiger partial charge in [0, 0.05) is 12.1 Å². The van der Waals surface area contributed by atoms with Crippen molar-refractivity contribution >= 4 is 22.8 Å². The van der Waals surface area contributed by atoms with E-state index in [0.29, 0.717) is 17.1 Å². The molecule has 0 atom stereocenters. The number of hydrogen-bond donors (Lipinski definition) is 1. The molecule has 1 N–H and O–H groups in total. The van der Waals surface area contributed by atoms with Gasteiger partial charge in [-0.15, -0.1) is 0 Å². The topological polar surface area (TPSA) is 88.1 Å². The van der Waals surface area contributed by atoms with Gasteiger partial charge in [-0.05, 0) is 19.9 Å². The Bertz CT molecular complexity index is 466. The first-order valence-corrected chi connectivity index (χ1v) is 4.53. The van der Waals surface area contributed by atoms with Crippen LogP contribution in [0.15, 0.2) is 34.4 Å². The van der Waals surface area contributed by atoms with Gasteiger partial charge in [-0.1, -0.05) is 11.2 Å². The Kier molecular flexibility index (Phi) is 3.71. The fourth-order valence-electron chi connectivity index (χ4n) is 1.02. The molecule has 0 amide bonds. The van der Waals surface area contributed by atoms with Crippen LogP contribution in [0.2, 0.25) is 0 Å². The molecule has 0 aliphatic heterocycles. The molecule has 0 bridgehead atoms. The molecule has 0 aliphatic carbocycles. The molecule has 84 valence electrons. The van der Waals surface area contributed by atoms with Crippen LogP contribution in [0.25, 0.3) is 0 Å². The van der Waals surface area contributed by atoms with Crippen molar-refractivity contribution in [3.8, 4) is 0 Å². The summed E-state index contributed by atoms with van der Waals surface area (Å²) >= 11 is 0. The van der Waals surface area contributed by atoms with E-state index in [4.69, 9.17) is 5.21 Å². The lowest BCUT2D eigenvalue weighted by atomic mass is 10.2. The Hall–Kier alpha value is -2.24. The van der Waals surface area contributed by atoms with Crippen molar-refractivity contribution in [2.24, 2.45) is 10.1 Å². The molecule has 1 aromatic rings. The van der Waals surface area contributed by atoms with E-state index in [-0.39, 0.29) is 5.69 Å². The predicted molar refractivity (Wildman–Crippen MR) is 60.8 cm³/mol. The summed E-state index contributed by atoms with van der Waals surface area (Å²) in [5, 5.41) is 22.0. The number of nitrogens with zero attached hydrogens (tertiary/aromatic N) is 3. The highest BCUT2D eigenvalue weighted by Gasteiger charge is 2.05. The predicted octanol–water partition coefficient (Wildman–Crippen LogP) is 2.54. The summed E-state index contributed by atoms with van der Waals surface area (Å²) < 4.78 is 0. The van der Waals surface area contributed by atoms with E-state index in [1.54, 1.807) is 26.0 Å². The van der Waals surface area contributed by atoms with E-state index < -0.39 is 4.92 Å². The van der Waals surface area contributed by atoms with Crippen molar-refractivity contribution in [3.63, 3.8) is 0 Å². The molecule has 6 heteroatoms. The molecule has 0 unspecified atom stereocenters. The Balaban J connectivity index is 3.06. The number of benzene rings is 1. The molecule has 0 aliphatic rings. The van der Waals surface area contributed by atoms with Gasteiger partial charge >= 0.3 is 0 Å². The van der Waals surface area contributed by atoms with Gasteiger partial charge in [0.25, 0.3) is 5.69 Å². The first-order chi connectivity index (χ1) is 7.54. The molecule has 0 aromatic heterocycles. The second-order valence-electron chi connectivity index (χ2n) is 3.16. The van der Waals surface area contributed by atoms with E-state index >= 15 is 0 Å². The van der Waals surface area contributed by atoms with E-state index in [2.05, 4.69) is 10.1 Å². The van der Waals surface area contributed by atoms with Crippen molar-refractivity contribution in [2.45, 2.75) is 13.8 Å². The van der Waals surface area contributed by atoms with E-state index in [9.17, 15) is 10.1 Å². The maximum atomic E-state index is 10.5. The van der Waals surface area contributed by atoms with Gasteiger partial charge in [0.2, 0.25) is 0 Å². The maximum Gasteiger partial charge on any atom is 0.271 e. The minimum absolute atomic E-state index is 0.0207. The third kappa shape index (κ3) is 2.88. The Morgan fingerprint density at radius 1 is 1.38 bits per heavy atom. The van der Waals surface area contributed by atoms with E-state index in [1.165, 1.54) is 12.1 Å². The summed E-state index contributed by atoms with van der Waals surface area (Å²) in [4.78, 5) is 14.1. The third-order valence-corrected chi connectivity index (χ3v) is 2.01. The molecular weight excluding hydrogens is 210 g/mol. The van der Waals surface area contributed by atoms with Gasteiger partial charge in [-0.2, -0.15) is 0 Å². The quantitative estimate of drug-likeness (QED) is 0.368. The second-order valence-corrected chi connectivity index (χ2v) is 3.16. The number of nitro benzene ring substituents is 1. The van der Waals surface area contributed by atoms with Crippen LogP contribution in [0.4, 0.5) is 11.4 Å². The van der Waals surface area contributed by atoms with Gasteiger partial charge in [0.1, 0.15) is 0 Å². The van der Waals surface area contributed by atoms with Crippen LogP contribution in [0.3, 0.4) is 0 Å². The molecule has 0 spiro atoms. The molecule has 1 rings (SSSR count). The van der Waals surface area contributed by atoms with Crippen LogP contribution in [-0.2, 0) is 0 Å². The highest BCUT2D eigenvalue weighted by atomic mass is 16.6. The molecule has 0 fully saturated rings. The molecule has 16 heavy (non-hydrogen) atoms. The summed E-state index contributed by atoms with van der Waals surface area (Å²) in [6.07, 6.45) is 0. The Morgan fingerprint density at radius 2 is 2.06 bits per heavy atom. The van der Waals surface area contributed by atoms with E-state index in [0.717, 1.165) is 0 Å². The standard InChI is InChI=1S/C10H11N3O3/c1-7(8(2)12-14)11-9-4-3-5-10(6-9)13(15)16/h3-6,14H,1-2H3/b11-7?,12-8-.